The van der Waals surface area contributed by atoms with Crippen molar-refractivity contribution in [2.45, 2.75) is 24.8 Å². The van der Waals surface area contributed by atoms with Crippen molar-refractivity contribution in [1.82, 2.24) is 0 Å². The number of fused-ring (bicyclic) bond motifs is 1. The molecule has 156 valence electrons. The van der Waals surface area contributed by atoms with Crippen molar-refractivity contribution < 1.29 is 14.6 Å². The van der Waals surface area contributed by atoms with E-state index in [4.69, 9.17) is 4.74 Å². The molecular weight excluding hydrogens is 388 g/mol. The number of benzene rings is 3. The highest BCUT2D eigenvalue weighted by Gasteiger charge is 2.37. The lowest BCUT2D eigenvalue weighted by Crippen LogP contribution is -2.27. The smallest absolute Gasteiger partial charge is 0.163 e. The number of ketones is 1. The number of nitrogens with one attached hydrogen (secondary N) is 2. The van der Waals surface area contributed by atoms with E-state index in [0.29, 0.717) is 24.0 Å². The van der Waals surface area contributed by atoms with Crippen LogP contribution in [-0.4, -0.2) is 18.0 Å². The summed E-state index contributed by atoms with van der Waals surface area (Å²) in [6.07, 6.45) is 1.07. The first kappa shape index (κ1) is 19.2. The minimum Gasteiger partial charge on any atom is -0.508 e. The van der Waals surface area contributed by atoms with Crippen LogP contribution in [0.3, 0.4) is 0 Å². The van der Waals surface area contributed by atoms with E-state index in [1.54, 1.807) is 19.2 Å². The first-order chi connectivity index (χ1) is 15.2. The highest BCUT2D eigenvalue weighted by Crippen LogP contribution is 2.46. The van der Waals surface area contributed by atoms with Crippen LogP contribution in [-0.2, 0) is 4.79 Å². The van der Waals surface area contributed by atoms with E-state index in [2.05, 4.69) is 10.6 Å². The van der Waals surface area contributed by atoms with Crippen LogP contribution < -0.4 is 15.4 Å². The average molecular weight is 412 g/mol. The summed E-state index contributed by atoms with van der Waals surface area (Å²) in [7, 11) is 1.66. The summed E-state index contributed by atoms with van der Waals surface area (Å²) >= 11 is 0. The zero-order chi connectivity index (χ0) is 21.4. The largest absolute Gasteiger partial charge is 0.508 e. The molecule has 0 aromatic heterocycles. The molecular formula is C26H24N2O3. The van der Waals surface area contributed by atoms with Gasteiger partial charge in [0.05, 0.1) is 24.5 Å². The SMILES string of the molecule is COc1ccccc1C1CC(=O)C2=C(C1)Nc1ccccc1NC2c1ccccc1O. The Labute approximate surface area is 181 Å². The predicted molar refractivity (Wildman–Crippen MR) is 122 cm³/mol. The predicted octanol–water partition coefficient (Wildman–Crippen LogP) is 5.38. The molecule has 1 heterocycles. The number of hydrogen-bond acceptors (Lipinski definition) is 5. The van der Waals surface area contributed by atoms with Crippen molar-refractivity contribution in [1.29, 1.82) is 0 Å². The number of methoxy groups -OCH3 is 1. The number of allylic oxidation sites excluding steroid dienone is 1. The van der Waals surface area contributed by atoms with Crippen molar-refractivity contribution in [2.75, 3.05) is 17.7 Å². The summed E-state index contributed by atoms with van der Waals surface area (Å²) in [5.41, 5.74) is 5.11. The minimum absolute atomic E-state index is 0.0187. The Kier molecular flexibility index (Phi) is 4.86. The van der Waals surface area contributed by atoms with E-state index in [-0.39, 0.29) is 17.5 Å². The first-order valence-corrected chi connectivity index (χ1v) is 10.5. The lowest BCUT2D eigenvalue weighted by molar-refractivity contribution is -0.116. The molecule has 0 amide bonds. The maximum Gasteiger partial charge on any atom is 0.163 e. The van der Waals surface area contributed by atoms with Crippen LogP contribution in [0.5, 0.6) is 11.5 Å². The number of carbonyl (C=O) groups is 1. The second-order valence-electron chi connectivity index (χ2n) is 7.97. The molecule has 5 rings (SSSR count). The van der Waals surface area contributed by atoms with E-state index in [0.717, 1.165) is 28.4 Å². The number of phenols is 1. The van der Waals surface area contributed by atoms with Crippen LogP contribution >= 0.6 is 0 Å². The molecule has 0 saturated carbocycles. The standard InChI is InChI=1S/C26H24N2O3/c1-31-24-13-7-3-8-17(24)16-14-21-25(23(30)15-16)26(18-9-2-6-12-22(18)29)28-20-11-5-4-10-19(20)27-21/h2-13,16,26-29H,14-15H2,1H3. The topological polar surface area (TPSA) is 70.6 Å². The number of rotatable bonds is 3. The Balaban J connectivity index is 1.63. The van der Waals surface area contributed by atoms with Gasteiger partial charge in [-0.1, -0.05) is 48.5 Å². The number of aromatic hydroxyl groups is 1. The van der Waals surface area contributed by atoms with Crippen molar-refractivity contribution in [3.05, 3.63) is 95.2 Å². The first-order valence-electron chi connectivity index (χ1n) is 10.5. The molecule has 5 heteroatoms. The fraction of sp³-hybridized carbons (Fsp3) is 0.192. The molecule has 2 aliphatic rings. The summed E-state index contributed by atoms with van der Waals surface area (Å²) in [6, 6.07) is 22.6. The summed E-state index contributed by atoms with van der Waals surface area (Å²) < 4.78 is 5.56. The third-order valence-corrected chi connectivity index (χ3v) is 6.14. The van der Waals surface area contributed by atoms with E-state index in [1.807, 2.05) is 60.7 Å². The van der Waals surface area contributed by atoms with Gasteiger partial charge in [0, 0.05) is 29.2 Å². The molecule has 31 heavy (non-hydrogen) atoms. The lowest BCUT2D eigenvalue weighted by atomic mass is 9.78. The second-order valence-corrected chi connectivity index (χ2v) is 7.97. The molecule has 0 spiro atoms. The van der Waals surface area contributed by atoms with Crippen molar-refractivity contribution >= 4 is 17.2 Å². The summed E-state index contributed by atoms with van der Waals surface area (Å²) in [6.45, 7) is 0. The van der Waals surface area contributed by atoms with Gasteiger partial charge in [-0.25, -0.2) is 0 Å². The third kappa shape index (κ3) is 3.42. The Morgan fingerprint density at radius 3 is 2.32 bits per heavy atom. The minimum atomic E-state index is -0.432. The van der Waals surface area contributed by atoms with E-state index < -0.39 is 6.04 Å². The molecule has 2 unspecified atom stereocenters. The van der Waals surface area contributed by atoms with Gasteiger partial charge in [0.2, 0.25) is 0 Å². The molecule has 0 radical (unpaired) electrons. The quantitative estimate of drug-likeness (QED) is 0.539. The van der Waals surface area contributed by atoms with Crippen LogP contribution in [0.2, 0.25) is 0 Å². The molecule has 0 bridgehead atoms. The van der Waals surface area contributed by atoms with Gasteiger partial charge in [0.25, 0.3) is 0 Å². The van der Waals surface area contributed by atoms with Gasteiger partial charge in [-0.2, -0.15) is 0 Å². The summed E-state index contributed by atoms with van der Waals surface area (Å²) in [4.78, 5) is 13.6. The monoisotopic (exact) mass is 412 g/mol. The molecule has 0 saturated heterocycles. The zero-order valence-electron chi connectivity index (χ0n) is 17.3. The number of phenolic OH excluding ortho intramolecular Hbond substituents is 1. The highest BCUT2D eigenvalue weighted by molar-refractivity contribution is 6.01. The van der Waals surface area contributed by atoms with Crippen LogP contribution in [0.15, 0.2) is 84.1 Å². The van der Waals surface area contributed by atoms with Gasteiger partial charge < -0.3 is 20.5 Å². The Morgan fingerprint density at radius 1 is 0.871 bits per heavy atom. The van der Waals surface area contributed by atoms with Crippen LogP contribution in [0.1, 0.15) is 35.9 Å². The van der Waals surface area contributed by atoms with Gasteiger partial charge in [0.1, 0.15) is 11.5 Å². The van der Waals surface area contributed by atoms with E-state index >= 15 is 0 Å². The zero-order valence-corrected chi connectivity index (χ0v) is 17.3. The van der Waals surface area contributed by atoms with E-state index in [1.165, 1.54) is 0 Å². The lowest BCUT2D eigenvalue weighted by Gasteiger charge is -2.30. The van der Waals surface area contributed by atoms with Gasteiger partial charge >= 0.3 is 0 Å². The Bertz CT molecular complexity index is 1180. The molecule has 3 aromatic carbocycles. The van der Waals surface area contributed by atoms with Gasteiger partial charge in [-0.3, -0.25) is 4.79 Å². The van der Waals surface area contributed by atoms with Gasteiger partial charge in [-0.05, 0) is 36.2 Å². The van der Waals surface area contributed by atoms with Crippen molar-refractivity contribution in [2.24, 2.45) is 0 Å². The Morgan fingerprint density at radius 2 is 1.55 bits per heavy atom. The number of hydrogen-bond donors (Lipinski definition) is 3. The van der Waals surface area contributed by atoms with Gasteiger partial charge in [0.15, 0.2) is 5.78 Å². The molecule has 3 N–H and O–H groups in total. The molecule has 3 aromatic rings. The molecule has 2 atom stereocenters. The molecule has 1 aliphatic carbocycles. The highest BCUT2D eigenvalue weighted by atomic mass is 16.5. The normalized spacial score (nSPS) is 20.1. The molecule has 1 aliphatic heterocycles. The van der Waals surface area contributed by atoms with Crippen LogP contribution in [0.4, 0.5) is 11.4 Å². The third-order valence-electron chi connectivity index (χ3n) is 6.14. The maximum absolute atomic E-state index is 13.6. The van der Waals surface area contributed by atoms with Crippen LogP contribution in [0.25, 0.3) is 0 Å². The fourth-order valence-electron chi connectivity index (χ4n) is 4.68. The number of anilines is 2. The average Bonchev–Trinajstić information content (AvgIpc) is 2.96. The summed E-state index contributed by atoms with van der Waals surface area (Å²) in [5, 5.41) is 17.6. The number of carbonyl (C=O) groups excluding carboxylic acids is 1. The Hall–Kier alpha value is -3.73. The van der Waals surface area contributed by atoms with Crippen molar-refractivity contribution in [3.8, 4) is 11.5 Å². The number of ether oxygens (including phenoxy) is 1. The van der Waals surface area contributed by atoms with E-state index in [9.17, 15) is 9.90 Å². The maximum atomic E-state index is 13.6. The van der Waals surface area contributed by atoms with Crippen LogP contribution in [0, 0.1) is 0 Å². The fourth-order valence-corrected chi connectivity index (χ4v) is 4.68. The molecule has 5 nitrogen and oxygen atoms in total. The summed E-state index contributed by atoms with van der Waals surface area (Å²) in [5.74, 6) is 1.06. The second kappa shape index (κ2) is 7.84. The molecule has 0 fully saturated rings. The number of para-hydroxylation sites is 4. The van der Waals surface area contributed by atoms with Gasteiger partial charge in [-0.15, -0.1) is 0 Å². The van der Waals surface area contributed by atoms with Crippen molar-refractivity contribution in [3.63, 3.8) is 0 Å². The number of Topliss-reactive ketones (excluding diaryl/α,β-unsaturated/α-hetero) is 1.